The molecule has 0 saturated heterocycles. The summed E-state index contributed by atoms with van der Waals surface area (Å²) < 4.78 is 11.4. The van der Waals surface area contributed by atoms with Crippen molar-refractivity contribution in [3.63, 3.8) is 0 Å². The number of hydrogen-bond donors (Lipinski definition) is 2. The molecule has 0 aliphatic heterocycles. The number of nitrogens with zero attached hydrogens (tertiary/aromatic N) is 2. The Morgan fingerprint density at radius 3 is 2.65 bits per heavy atom. The van der Waals surface area contributed by atoms with E-state index in [0.29, 0.717) is 22.4 Å². The quantitative estimate of drug-likeness (QED) is 0.326. The van der Waals surface area contributed by atoms with Crippen LogP contribution in [0.1, 0.15) is 16.1 Å². The molecular weight excluding hydrogens is 432 g/mol. The lowest BCUT2D eigenvalue weighted by molar-refractivity contribution is -0.128. The third-order valence-electron chi connectivity index (χ3n) is 4.44. The molecule has 4 rings (SSSR count). The summed E-state index contributed by atoms with van der Waals surface area (Å²) in [7, 11) is 0. The monoisotopic (exact) mass is 449 g/mol. The summed E-state index contributed by atoms with van der Waals surface area (Å²) in [6, 6.07) is 19.4. The van der Waals surface area contributed by atoms with Crippen LogP contribution < -0.4 is 10.1 Å². The highest BCUT2D eigenvalue weighted by molar-refractivity contribution is 7.16. The summed E-state index contributed by atoms with van der Waals surface area (Å²) in [6.45, 7) is 0.359. The van der Waals surface area contributed by atoms with E-state index in [1.54, 1.807) is 6.20 Å². The molecule has 8 heteroatoms. The number of nitrogens with two attached hydrogens (primary N) is 1. The molecule has 2 heterocycles. The number of rotatable bonds is 7. The molecule has 31 heavy (non-hydrogen) atoms. The Morgan fingerprint density at radius 1 is 1.10 bits per heavy atom. The fraction of sp³-hybridized carbons (Fsp3) is 0.0435. The molecule has 0 atom stereocenters. The fourth-order valence-electron chi connectivity index (χ4n) is 2.97. The van der Waals surface area contributed by atoms with Gasteiger partial charge in [0.25, 0.3) is 0 Å². The van der Waals surface area contributed by atoms with Crippen molar-refractivity contribution >= 4 is 57.8 Å². The van der Waals surface area contributed by atoms with E-state index in [1.807, 2.05) is 66.7 Å². The smallest absolute Gasteiger partial charge is 0.373 e. The summed E-state index contributed by atoms with van der Waals surface area (Å²) >= 11 is 7.24. The lowest BCUT2D eigenvalue weighted by Gasteiger charge is -2.08. The Morgan fingerprint density at radius 2 is 1.90 bits per heavy atom. The van der Waals surface area contributed by atoms with E-state index in [-0.39, 0.29) is 5.90 Å². The van der Waals surface area contributed by atoms with Crippen molar-refractivity contribution in [1.29, 1.82) is 5.41 Å². The number of nitrogens with one attached hydrogen (secondary N) is 1. The lowest BCUT2D eigenvalue weighted by Crippen LogP contribution is -2.41. The average Bonchev–Trinajstić information content (AvgIpc) is 3.21. The number of para-hydroxylation sites is 1. The van der Waals surface area contributed by atoms with E-state index in [1.165, 1.54) is 11.3 Å². The first-order chi connectivity index (χ1) is 15.1. The van der Waals surface area contributed by atoms with E-state index in [2.05, 4.69) is 9.97 Å². The molecule has 2 aromatic heterocycles. The highest BCUT2D eigenvalue weighted by Gasteiger charge is 2.16. The van der Waals surface area contributed by atoms with Crippen LogP contribution in [0.4, 0.5) is 0 Å². The molecule has 0 bridgehead atoms. The molecule has 0 saturated carbocycles. The minimum Gasteiger partial charge on any atom is -0.487 e. The number of hydrogen-bond acceptors (Lipinski definition) is 6. The van der Waals surface area contributed by atoms with Gasteiger partial charge in [0, 0.05) is 16.5 Å². The Balaban J connectivity index is 1.51. The zero-order chi connectivity index (χ0) is 21.6. The van der Waals surface area contributed by atoms with Gasteiger partial charge in [-0.2, -0.15) is 0 Å². The van der Waals surface area contributed by atoms with Gasteiger partial charge in [0.15, 0.2) is 10.9 Å². The van der Waals surface area contributed by atoms with Crippen LogP contribution in [-0.2, 0) is 11.3 Å². The van der Waals surface area contributed by atoms with Crippen LogP contribution in [-0.4, -0.2) is 22.3 Å². The Bertz CT molecular complexity index is 1270. The van der Waals surface area contributed by atoms with Crippen molar-refractivity contribution in [1.82, 2.24) is 9.97 Å². The number of fused-ring (bicyclic) bond motifs is 1. The summed E-state index contributed by atoms with van der Waals surface area (Å²) in [5, 5.41) is 14.3. The first-order valence-corrected chi connectivity index (χ1v) is 10.5. The number of ether oxygens (including phenoxy) is 2. The fourth-order valence-corrected chi connectivity index (χ4v) is 3.87. The molecule has 0 aliphatic carbocycles. The van der Waals surface area contributed by atoms with Gasteiger partial charge in [-0.1, -0.05) is 48.0 Å². The number of aromatic nitrogens is 2. The minimum absolute atomic E-state index is 0.105. The highest BCUT2D eigenvalue weighted by Crippen LogP contribution is 2.26. The van der Waals surface area contributed by atoms with E-state index in [9.17, 15) is 0 Å². The van der Waals surface area contributed by atoms with Crippen LogP contribution in [0, 0.1) is 5.41 Å². The number of benzene rings is 2. The van der Waals surface area contributed by atoms with Gasteiger partial charge in [0.05, 0.1) is 16.8 Å². The molecule has 2 aromatic carbocycles. The summed E-state index contributed by atoms with van der Waals surface area (Å²) in [4.78, 5) is 9.47. The topological polar surface area (TPSA) is 93.7 Å². The Labute approximate surface area is 187 Å². The molecule has 0 fully saturated rings. The molecule has 6 nitrogen and oxygen atoms in total. The zero-order valence-electron chi connectivity index (χ0n) is 16.3. The predicted octanol–water partition coefficient (Wildman–Crippen LogP) is 4.25. The van der Waals surface area contributed by atoms with Crippen molar-refractivity contribution in [2.75, 3.05) is 0 Å². The first kappa shape index (κ1) is 20.7. The highest BCUT2D eigenvalue weighted by atomic mass is 35.5. The number of halogens is 1. The Kier molecular flexibility index (Phi) is 6.35. The maximum atomic E-state index is 7.16. The average molecular weight is 450 g/mol. The molecule has 0 spiro atoms. The van der Waals surface area contributed by atoms with Gasteiger partial charge in [-0.3, -0.25) is 5.41 Å². The third kappa shape index (κ3) is 5.14. The largest absolute Gasteiger partial charge is 0.487 e. The van der Waals surface area contributed by atoms with E-state index in [0.717, 1.165) is 33.4 Å². The number of thiazole rings is 1. The van der Waals surface area contributed by atoms with Crippen LogP contribution in [0.3, 0.4) is 0 Å². The SMILES string of the molecule is N=COC(=[NH2+])/C(=C/c1cnc(Cl)s1)c1ccc(OCc2ccc3ccccc3n2)cc1. The van der Waals surface area contributed by atoms with Gasteiger partial charge in [0.2, 0.25) is 0 Å². The third-order valence-corrected chi connectivity index (χ3v) is 5.50. The van der Waals surface area contributed by atoms with Gasteiger partial charge < -0.3 is 9.47 Å². The van der Waals surface area contributed by atoms with Crippen molar-refractivity contribution in [2.45, 2.75) is 6.61 Å². The molecule has 0 amide bonds. The van der Waals surface area contributed by atoms with Crippen molar-refractivity contribution in [2.24, 2.45) is 0 Å². The molecular formula is C23H18ClN4O2S+. The van der Waals surface area contributed by atoms with Crippen molar-refractivity contribution in [3.05, 3.63) is 87.5 Å². The van der Waals surface area contributed by atoms with Crippen LogP contribution in [0.5, 0.6) is 5.75 Å². The maximum absolute atomic E-state index is 7.16. The van der Waals surface area contributed by atoms with E-state index >= 15 is 0 Å². The van der Waals surface area contributed by atoms with Gasteiger partial charge in [-0.25, -0.2) is 15.4 Å². The van der Waals surface area contributed by atoms with Crippen molar-refractivity contribution < 1.29 is 14.9 Å². The summed E-state index contributed by atoms with van der Waals surface area (Å²) in [5.74, 6) is 0.805. The minimum atomic E-state index is 0.105. The molecule has 154 valence electrons. The lowest BCUT2D eigenvalue weighted by atomic mass is 10.0. The van der Waals surface area contributed by atoms with Crippen molar-refractivity contribution in [3.8, 4) is 5.75 Å². The summed E-state index contributed by atoms with van der Waals surface area (Å²) in [6.07, 6.45) is 4.26. The van der Waals surface area contributed by atoms with E-state index in [4.69, 9.17) is 31.9 Å². The second-order valence-corrected chi connectivity index (χ2v) is 8.13. The second kappa shape index (κ2) is 9.51. The second-order valence-electron chi connectivity index (χ2n) is 6.48. The predicted molar refractivity (Wildman–Crippen MR) is 124 cm³/mol. The van der Waals surface area contributed by atoms with Gasteiger partial charge in [-0.15, -0.1) is 11.3 Å². The molecule has 0 unspecified atom stereocenters. The number of pyridine rings is 1. The van der Waals surface area contributed by atoms with Gasteiger partial charge in [-0.05, 0) is 35.9 Å². The van der Waals surface area contributed by atoms with Crippen LogP contribution in [0.2, 0.25) is 4.47 Å². The zero-order valence-corrected chi connectivity index (χ0v) is 17.9. The molecule has 3 N–H and O–H groups in total. The first-order valence-electron chi connectivity index (χ1n) is 9.32. The van der Waals surface area contributed by atoms with Gasteiger partial charge >= 0.3 is 5.90 Å². The normalized spacial score (nSPS) is 11.3. The standard InChI is InChI=1S/C23H17ClN4O2S/c24-23-27-12-19(31-23)11-20(22(26)30-14-25)15-6-9-18(10-7-15)29-13-17-8-5-16-3-1-2-4-21(16)28-17/h1-12,14,25-26H,13H2/p+1/b20-11+,25-14?,26-22?. The van der Waals surface area contributed by atoms with Crippen LogP contribution >= 0.6 is 22.9 Å². The maximum Gasteiger partial charge on any atom is 0.373 e. The summed E-state index contributed by atoms with van der Waals surface area (Å²) in [5.41, 5.74) is 3.21. The molecule has 0 radical (unpaired) electrons. The van der Waals surface area contributed by atoms with E-state index < -0.39 is 0 Å². The Hall–Kier alpha value is -3.55. The van der Waals surface area contributed by atoms with Crippen LogP contribution in [0.15, 0.2) is 66.9 Å². The van der Waals surface area contributed by atoms with Gasteiger partial charge in [0.1, 0.15) is 12.4 Å². The molecule has 4 aromatic rings. The van der Waals surface area contributed by atoms with Crippen LogP contribution in [0.25, 0.3) is 22.6 Å². The molecule has 0 aliphatic rings.